The largest absolute Gasteiger partial charge is 0.330 e. The fourth-order valence-electron chi connectivity index (χ4n) is 1.74. The minimum Gasteiger partial charge on any atom is -0.330 e. The number of rotatable bonds is 3. The Morgan fingerprint density at radius 2 is 2.06 bits per heavy atom. The van der Waals surface area contributed by atoms with Crippen LogP contribution in [0.2, 0.25) is 10.0 Å². The number of benzene rings is 1. The molecule has 90 valence electrons. The summed E-state index contributed by atoms with van der Waals surface area (Å²) in [4.78, 5) is 4.47. The van der Waals surface area contributed by atoms with E-state index < -0.39 is 0 Å². The zero-order valence-corrected chi connectivity index (χ0v) is 11.4. The molecule has 0 aliphatic heterocycles. The van der Waals surface area contributed by atoms with Gasteiger partial charge in [-0.1, -0.05) is 36.2 Å². The van der Waals surface area contributed by atoms with Gasteiger partial charge >= 0.3 is 0 Å². The van der Waals surface area contributed by atoms with Crippen molar-refractivity contribution >= 4 is 23.2 Å². The molecular weight excluding hydrogens is 255 g/mol. The van der Waals surface area contributed by atoms with Crippen molar-refractivity contribution in [3.63, 3.8) is 0 Å². The van der Waals surface area contributed by atoms with Crippen molar-refractivity contribution in [1.29, 1.82) is 0 Å². The van der Waals surface area contributed by atoms with Crippen LogP contribution in [-0.2, 0) is 13.0 Å². The molecule has 0 aliphatic carbocycles. The lowest BCUT2D eigenvalue weighted by Crippen LogP contribution is -2.01. The fraction of sp³-hybridized carbons (Fsp3) is 0.308. The highest BCUT2D eigenvalue weighted by Gasteiger charge is 2.06. The first kappa shape index (κ1) is 12.5. The number of aromatic nitrogens is 2. The fourth-order valence-corrected chi connectivity index (χ4v) is 2.21. The molecule has 0 atom stereocenters. The molecule has 0 saturated carbocycles. The Labute approximate surface area is 111 Å². The maximum Gasteiger partial charge on any atom is 0.106 e. The maximum absolute atomic E-state index is 6.15. The summed E-state index contributed by atoms with van der Waals surface area (Å²) in [5.41, 5.74) is 2.16. The molecule has 0 amide bonds. The molecule has 4 heteroatoms. The Bertz CT molecular complexity index is 532. The molecule has 2 rings (SSSR count). The van der Waals surface area contributed by atoms with Crippen LogP contribution in [0.1, 0.15) is 24.0 Å². The van der Waals surface area contributed by atoms with Gasteiger partial charge in [0.25, 0.3) is 0 Å². The van der Waals surface area contributed by atoms with Crippen LogP contribution in [-0.4, -0.2) is 9.55 Å². The number of halogens is 2. The third-order valence-electron chi connectivity index (χ3n) is 2.74. The Morgan fingerprint density at radius 1 is 1.29 bits per heavy atom. The van der Waals surface area contributed by atoms with Gasteiger partial charge in [0.1, 0.15) is 5.82 Å². The Morgan fingerprint density at radius 3 is 2.65 bits per heavy atom. The summed E-state index contributed by atoms with van der Waals surface area (Å²) in [6.07, 6.45) is 3.02. The lowest BCUT2D eigenvalue weighted by molar-refractivity contribution is 0.762. The molecule has 0 bridgehead atoms. The zero-order valence-electron chi connectivity index (χ0n) is 9.87. The average molecular weight is 269 g/mol. The lowest BCUT2D eigenvalue weighted by atomic mass is 10.2. The molecule has 0 fully saturated rings. The Hall–Kier alpha value is -0.990. The van der Waals surface area contributed by atoms with Gasteiger partial charge in [-0.25, -0.2) is 4.98 Å². The van der Waals surface area contributed by atoms with Crippen LogP contribution in [0.3, 0.4) is 0 Å². The van der Waals surface area contributed by atoms with Crippen LogP contribution in [0.5, 0.6) is 0 Å². The number of hydrogen-bond donors (Lipinski definition) is 0. The van der Waals surface area contributed by atoms with E-state index in [1.807, 2.05) is 19.1 Å². The van der Waals surface area contributed by atoms with E-state index in [0.717, 1.165) is 30.0 Å². The van der Waals surface area contributed by atoms with Crippen molar-refractivity contribution in [1.82, 2.24) is 9.55 Å². The summed E-state index contributed by atoms with van der Waals surface area (Å²) in [5, 5.41) is 1.36. The van der Waals surface area contributed by atoms with Crippen LogP contribution >= 0.6 is 23.2 Å². The molecule has 2 nitrogen and oxygen atoms in total. The van der Waals surface area contributed by atoms with Crippen molar-refractivity contribution in [3.05, 3.63) is 51.5 Å². The molecule has 1 aromatic carbocycles. The van der Waals surface area contributed by atoms with E-state index in [2.05, 4.69) is 22.7 Å². The van der Waals surface area contributed by atoms with Crippen LogP contribution in [0.25, 0.3) is 0 Å². The van der Waals surface area contributed by atoms with Crippen LogP contribution in [0.15, 0.2) is 24.4 Å². The highest BCUT2D eigenvalue weighted by Crippen LogP contribution is 2.22. The van der Waals surface area contributed by atoms with E-state index in [4.69, 9.17) is 23.2 Å². The van der Waals surface area contributed by atoms with Crippen LogP contribution in [0.4, 0.5) is 0 Å². The minimum absolute atomic E-state index is 0.662. The Balaban J connectivity index is 2.27. The summed E-state index contributed by atoms with van der Waals surface area (Å²) in [7, 11) is 0. The number of aryl methyl sites for hydroxylation is 2. The first-order chi connectivity index (χ1) is 8.10. The minimum atomic E-state index is 0.662. The third-order valence-corrected chi connectivity index (χ3v) is 3.33. The second-order valence-electron chi connectivity index (χ2n) is 4.00. The van der Waals surface area contributed by atoms with Crippen molar-refractivity contribution in [2.45, 2.75) is 26.8 Å². The van der Waals surface area contributed by atoms with E-state index in [0.29, 0.717) is 10.0 Å². The van der Waals surface area contributed by atoms with Crippen molar-refractivity contribution in [3.8, 4) is 0 Å². The third kappa shape index (κ3) is 2.82. The second kappa shape index (κ2) is 5.11. The molecule has 0 radical (unpaired) electrons. The normalized spacial score (nSPS) is 10.8. The first-order valence-corrected chi connectivity index (χ1v) is 6.32. The Kier molecular flexibility index (Phi) is 3.75. The summed E-state index contributed by atoms with van der Waals surface area (Å²) < 4.78 is 2.11. The molecule has 2 aromatic rings. The van der Waals surface area contributed by atoms with E-state index >= 15 is 0 Å². The highest BCUT2D eigenvalue weighted by molar-refractivity contribution is 6.35. The number of nitrogens with zero attached hydrogens (tertiary/aromatic N) is 2. The average Bonchev–Trinajstić information content (AvgIpc) is 2.64. The van der Waals surface area contributed by atoms with Gasteiger partial charge in [-0.3, -0.25) is 0 Å². The van der Waals surface area contributed by atoms with Crippen molar-refractivity contribution in [2.24, 2.45) is 0 Å². The van der Waals surface area contributed by atoms with E-state index in [1.54, 1.807) is 6.07 Å². The smallest absolute Gasteiger partial charge is 0.106 e. The van der Waals surface area contributed by atoms with Crippen LogP contribution < -0.4 is 0 Å². The van der Waals surface area contributed by atoms with Gasteiger partial charge in [-0.05, 0) is 31.0 Å². The van der Waals surface area contributed by atoms with E-state index in [9.17, 15) is 0 Å². The topological polar surface area (TPSA) is 17.8 Å². The summed E-state index contributed by atoms with van der Waals surface area (Å²) in [5.74, 6) is 1.01. The first-order valence-electron chi connectivity index (χ1n) is 5.56. The molecule has 1 aromatic heterocycles. The second-order valence-corrected chi connectivity index (χ2v) is 4.84. The van der Waals surface area contributed by atoms with Gasteiger partial charge in [0, 0.05) is 16.2 Å². The van der Waals surface area contributed by atoms with Gasteiger partial charge in [0.05, 0.1) is 12.2 Å². The van der Waals surface area contributed by atoms with Gasteiger partial charge < -0.3 is 4.57 Å². The molecule has 1 heterocycles. The van der Waals surface area contributed by atoms with Crippen LogP contribution in [0, 0.1) is 6.92 Å². The predicted molar refractivity (Wildman–Crippen MR) is 71.9 cm³/mol. The maximum atomic E-state index is 6.15. The van der Waals surface area contributed by atoms with Gasteiger partial charge in [-0.15, -0.1) is 0 Å². The molecule has 0 N–H and O–H groups in total. The van der Waals surface area contributed by atoms with E-state index in [-0.39, 0.29) is 0 Å². The zero-order chi connectivity index (χ0) is 12.4. The number of imidazole rings is 1. The highest BCUT2D eigenvalue weighted by atomic mass is 35.5. The summed E-state index contributed by atoms with van der Waals surface area (Å²) in [6.45, 7) is 4.83. The quantitative estimate of drug-likeness (QED) is 0.819. The van der Waals surface area contributed by atoms with Gasteiger partial charge in [-0.2, -0.15) is 0 Å². The lowest BCUT2D eigenvalue weighted by Gasteiger charge is -2.07. The monoisotopic (exact) mass is 268 g/mol. The molecular formula is C13H14Cl2N2. The van der Waals surface area contributed by atoms with E-state index in [1.165, 1.54) is 0 Å². The SMILES string of the molecule is CCc1cn(Cc2ccc(Cl)cc2Cl)c(C)n1. The molecule has 0 saturated heterocycles. The predicted octanol–water partition coefficient (Wildman–Crippen LogP) is 4.11. The number of hydrogen-bond acceptors (Lipinski definition) is 1. The molecule has 17 heavy (non-hydrogen) atoms. The van der Waals surface area contributed by atoms with Crippen molar-refractivity contribution in [2.75, 3.05) is 0 Å². The summed E-state index contributed by atoms with van der Waals surface area (Å²) in [6, 6.07) is 5.58. The molecule has 0 spiro atoms. The standard InChI is InChI=1S/C13H14Cl2N2/c1-3-12-8-17(9(2)16-12)7-10-4-5-11(14)6-13(10)15/h4-6,8H,3,7H2,1-2H3. The molecule has 0 aliphatic rings. The molecule has 0 unspecified atom stereocenters. The van der Waals surface area contributed by atoms with Gasteiger partial charge in [0.15, 0.2) is 0 Å². The van der Waals surface area contributed by atoms with Crippen molar-refractivity contribution < 1.29 is 0 Å². The van der Waals surface area contributed by atoms with Gasteiger partial charge in [0.2, 0.25) is 0 Å². The summed E-state index contributed by atoms with van der Waals surface area (Å²) >= 11 is 12.0.